The Labute approximate surface area is 177 Å². The van der Waals surface area contributed by atoms with E-state index in [4.69, 9.17) is 5.73 Å². The number of benzene rings is 2. The Balaban J connectivity index is 1.60. The molecule has 2 aromatic carbocycles. The Hall–Kier alpha value is -2.83. The van der Waals surface area contributed by atoms with E-state index in [9.17, 15) is 4.79 Å². The minimum atomic E-state index is -0.180. The van der Waals surface area contributed by atoms with Crippen LogP contribution in [0.3, 0.4) is 0 Å². The van der Waals surface area contributed by atoms with Crippen molar-refractivity contribution in [2.45, 2.75) is 38.3 Å². The topological polar surface area (TPSA) is 84.1 Å². The second kappa shape index (κ2) is 8.50. The first-order valence-electron chi connectivity index (χ1n) is 10.5. The van der Waals surface area contributed by atoms with Crippen LogP contribution in [0.15, 0.2) is 42.6 Å². The summed E-state index contributed by atoms with van der Waals surface area (Å²) in [6, 6.07) is 12.2. The van der Waals surface area contributed by atoms with Crippen molar-refractivity contribution in [2.75, 3.05) is 20.6 Å². The average Bonchev–Trinajstić information content (AvgIpc) is 3.55. The molecule has 30 heavy (non-hydrogen) atoms. The van der Waals surface area contributed by atoms with E-state index in [2.05, 4.69) is 39.2 Å². The normalized spacial score (nSPS) is 14.8. The quantitative estimate of drug-likeness (QED) is 0.631. The number of amides is 1. The molecule has 6 nitrogen and oxygen atoms in total. The van der Waals surface area contributed by atoms with Crippen LogP contribution in [0.5, 0.6) is 0 Å². The van der Waals surface area contributed by atoms with Gasteiger partial charge >= 0.3 is 0 Å². The van der Waals surface area contributed by atoms with E-state index in [1.54, 1.807) is 0 Å². The molecule has 0 bridgehead atoms. The van der Waals surface area contributed by atoms with Crippen LogP contribution in [0, 0.1) is 6.92 Å². The van der Waals surface area contributed by atoms with Crippen molar-refractivity contribution in [3.05, 3.63) is 59.5 Å². The first kappa shape index (κ1) is 20.4. The Kier molecular flexibility index (Phi) is 5.79. The SMILES string of the molecule is Cc1ccc(C(=O)NC2CC2)cc1-c1ccc2nc(C(N)CCN(C)C)ncc2c1. The van der Waals surface area contributed by atoms with Gasteiger partial charge in [-0.05, 0) is 87.8 Å². The lowest BCUT2D eigenvalue weighted by Crippen LogP contribution is -2.25. The molecule has 0 spiro atoms. The van der Waals surface area contributed by atoms with Gasteiger partial charge in [0.1, 0.15) is 5.82 Å². The highest BCUT2D eigenvalue weighted by Gasteiger charge is 2.24. The Morgan fingerprint density at radius 3 is 2.77 bits per heavy atom. The van der Waals surface area contributed by atoms with Gasteiger partial charge in [-0.3, -0.25) is 4.79 Å². The molecule has 1 atom stereocenters. The van der Waals surface area contributed by atoms with Gasteiger partial charge in [-0.1, -0.05) is 12.1 Å². The highest BCUT2D eigenvalue weighted by molar-refractivity contribution is 5.96. The smallest absolute Gasteiger partial charge is 0.251 e. The summed E-state index contributed by atoms with van der Waals surface area (Å²) in [4.78, 5) is 23.7. The van der Waals surface area contributed by atoms with E-state index < -0.39 is 0 Å². The Morgan fingerprint density at radius 1 is 1.23 bits per heavy atom. The summed E-state index contributed by atoms with van der Waals surface area (Å²) in [5.74, 6) is 0.672. The van der Waals surface area contributed by atoms with Crippen molar-refractivity contribution in [1.82, 2.24) is 20.2 Å². The summed E-state index contributed by atoms with van der Waals surface area (Å²) in [5, 5.41) is 4.02. The summed E-state index contributed by atoms with van der Waals surface area (Å²) >= 11 is 0. The number of carbonyl (C=O) groups excluding carboxylic acids is 1. The maximum Gasteiger partial charge on any atom is 0.251 e. The number of hydrogen-bond acceptors (Lipinski definition) is 5. The van der Waals surface area contributed by atoms with Gasteiger partial charge in [0.05, 0.1) is 11.6 Å². The van der Waals surface area contributed by atoms with Crippen molar-refractivity contribution < 1.29 is 4.79 Å². The van der Waals surface area contributed by atoms with Gasteiger partial charge in [-0.15, -0.1) is 0 Å². The van der Waals surface area contributed by atoms with Crippen LogP contribution in [0.2, 0.25) is 0 Å². The molecule has 6 heteroatoms. The zero-order valence-electron chi connectivity index (χ0n) is 17.9. The fourth-order valence-corrected chi connectivity index (χ4v) is 3.49. The molecule has 0 radical (unpaired) electrons. The average molecular weight is 404 g/mol. The zero-order valence-corrected chi connectivity index (χ0v) is 17.9. The van der Waals surface area contributed by atoms with E-state index in [1.165, 1.54) is 0 Å². The molecule has 1 unspecified atom stereocenters. The van der Waals surface area contributed by atoms with Crippen LogP contribution in [0.25, 0.3) is 22.0 Å². The predicted molar refractivity (Wildman–Crippen MR) is 120 cm³/mol. The first-order chi connectivity index (χ1) is 14.4. The van der Waals surface area contributed by atoms with Crippen LogP contribution >= 0.6 is 0 Å². The van der Waals surface area contributed by atoms with Crippen LogP contribution in [-0.2, 0) is 0 Å². The van der Waals surface area contributed by atoms with Crippen molar-refractivity contribution in [3.63, 3.8) is 0 Å². The molecule has 1 fully saturated rings. The Morgan fingerprint density at radius 2 is 2.03 bits per heavy atom. The van der Waals surface area contributed by atoms with Crippen molar-refractivity contribution in [1.29, 1.82) is 0 Å². The summed E-state index contributed by atoms with van der Waals surface area (Å²) in [6.07, 6.45) is 4.81. The second-order valence-electron chi connectivity index (χ2n) is 8.48. The standard InChI is InChI=1S/C24H29N5O/c1-15-4-5-17(24(30)27-19-7-8-19)13-20(15)16-6-9-22-18(12-16)14-26-23(28-22)21(25)10-11-29(2)3/h4-6,9,12-14,19,21H,7-8,10-11,25H2,1-3H3,(H,27,30). The summed E-state index contributed by atoms with van der Waals surface area (Å²) in [7, 11) is 4.06. The molecule has 0 aliphatic heterocycles. The number of nitrogens with zero attached hydrogens (tertiary/aromatic N) is 3. The van der Waals surface area contributed by atoms with E-state index in [-0.39, 0.29) is 11.9 Å². The first-order valence-corrected chi connectivity index (χ1v) is 10.5. The molecule has 0 saturated heterocycles. The van der Waals surface area contributed by atoms with Gasteiger partial charge < -0.3 is 16.0 Å². The molecular formula is C24H29N5O. The summed E-state index contributed by atoms with van der Waals surface area (Å²) < 4.78 is 0. The molecule has 1 aliphatic rings. The minimum Gasteiger partial charge on any atom is -0.349 e. The van der Waals surface area contributed by atoms with Gasteiger partial charge in [0.15, 0.2) is 0 Å². The number of hydrogen-bond donors (Lipinski definition) is 2. The molecule has 1 heterocycles. The number of aryl methyl sites for hydroxylation is 1. The molecule has 3 aromatic rings. The van der Waals surface area contributed by atoms with Crippen LogP contribution in [-0.4, -0.2) is 47.5 Å². The lowest BCUT2D eigenvalue weighted by Gasteiger charge is -2.15. The van der Waals surface area contributed by atoms with Gasteiger partial charge in [-0.2, -0.15) is 0 Å². The van der Waals surface area contributed by atoms with E-state index in [0.717, 1.165) is 53.4 Å². The minimum absolute atomic E-state index is 0.000717. The third-order valence-electron chi connectivity index (χ3n) is 5.54. The molecule has 1 amide bonds. The van der Waals surface area contributed by atoms with E-state index >= 15 is 0 Å². The third kappa shape index (κ3) is 4.66. The molecule has 1 aromatic heterocycles. The van der Waals surface area contributed by atoms with Crippen LogP contribution in [0.1, 0.15) is 47.1 Å². The number of rotatable bonds is 7. The van der Waals surface area contributed by atoms with Crippen molar-refractivity contribution in [3.8, 4) is 11.1 Å². The van der Waals surface area contributed by atoms with Crippen molar-refractivity contribution >= 4 is 16.8 Å². The summed E-state index contributed by atoms with van der Waals surface area (Å²) in [5.41, 5.74) is 11.1. The third-order valence-corrected chi connectivity index (χ3v) is 5.54. The number of aromatic nitrogens is 2. The molecule has 1 saturated carbocycles. The van der Waals surface area contributed by atoms with E-state index in [1.807, 2.05) is 44.6 Å². The van der Waals surface area contributed by atoms with Crippen LogP contribution < -0.4 is 11.1 Å². The fraction of sp³-hybridized carbons (Fsp3) is 0.375. The number of fused-ring (bicyclic) bond motifs is 1. The highest BCUT2D eigenvalue weighted by atomic mass is 16.1. The van der Waals surface area contributed by atoms with Crippen molar-refractivity contribution in [2.24, 2.45) is 5.73 Å². The molecule has 156 valence electrons. The summed E-state index contributed by atoms with van der Waals surface area (Å²) in [6.45, 7) is 2.96. The lowest BCUT2D eigenvalue weighted by molar-refractivity contribution is 0.0951. The highest BCUT2D eigenvalue weighted by Crippen LogP contribution is 2.28. The monoisotopic (exact) mass is 403 g/mol. The van der Waals surface area contributed by atoms with Gasteiger partial charge in [0.25, 0.3) is 5.91 Å². The largest absolute Gasteiger partial charge is 0.349 e. The Bertz CT molecular complexity index is 1070. The maximum absolute atomic E-state index is 12.5. The number of nitrogens with two attached hydrogens (primary N) is 1. The second-order valence-corrected chi connectivity index (χ2v) is 8.48. The van der Waals surface area contributed by atoms with Gasteiger partial charge in [0.2, 0.25) is 0 Å². The predicted octanol–water partition coefficient (Wildman–Crippen LogP) is 3.45. The number of nitrogens with one attached hydrogen (secondary N) is 1. The van der Waals surface area contributed by atoms with E-state index in [0.29, 0.717) is 17.4 Å². The number of carbonyl (C=O) groups is 1. The molecule has 4 rings (SSSR count). The van der Waals surface area contributed by atoms with Gasteiger partial charge in [0, 0.05) is 23.2 Å². The fourth-order valence-electron chi connectivity index (χ4n) is 3.49. The maximum atomic E-state index is 12.5. The molecular weight excluding hydrogens is 374 g/mol. The molecule has 3 N–H and O–H groups in total. The van der Waals surface area contributed by atoms with Crippen LogP contribution in [0.4, 0.5) is 0 Å². The zero-order chi connectivity index (χ0) is 21.3. The lowest BCUT2D eigenvalue weighted by atomic mass is 9.97. The molecule has 1 aliphatic carbocycles. The van der Waals surface area contributed by atoms with Gasteiger partial charge in [-0.25, -0.2) is 9.97 Å².